The number of benzene rings is 1. The number of urea groups is 1. The predicted molar refractivity (Wildman–Crippen MR) is 91.1 cm³/mol. The maximum atomic E-state index is 13.1. The Labute approximate surface area is 151 Å². The molecule has 3 aliphatic rings. The maximum absolute atomic E-state index is 13.1. The summed E-state index contributed by atoms with van der Waals surface area (Å²) in [6.45, 7) is 4.01. The second-order valence-corrected chi connectivity index (χ2v) is 7.20. The lowest BCUT2D eigenvalue weighted by Gasteiger charge is -2.37. The lowest BCUT2D eigenvalue weighted by molar-refractivity contribution is -0.0306. The molecular formula is C18H23N3O5. The highest BCUT2D eigenvalue weighted by Crippen LogP contribution is 2.30. The molecule has 2 saturated heterocycles. The number of nitrogens with zero attached hydrogens (tertiary/aromatic N) is 2. The predicted octanol–water partition coefficient (Wildman–Crippen LogP) is 1.37. The first-order valence-electron chi connectivity index (χ1n) is 8.96. The normalized spacial score (nSPS) is 27.4. The number of fused-ring (bicyclic) bond motifs is 3. The van der Waals surface area contributed by atoms with Crippen molar-refractivity contribution in [3.63, 3.8) is 0 Å². The van der Waals surface area contributed by atoms with Gasteiger partial charge in [0, 0.05) is 24.2 Å². The molecule has 3 aliphatic heterocycles. The van der Waals surface area contributed by atoms with Crippen molar-refractivity contribution < 1.29 is 24.3 Å². The van der Waals surface area contributed by atoms with Crippen molar-refractivity contribution in [1.29, 1.82) is 0 Å². The first kappa shape index (κ1) is 17.1. The number of morpholine rings is 1. The summed E-state index contributed by atoms with van der Waals surface area (Å²) >= 11 is 0. The highest BCUT2D eigenvalue weighted by Gasteiger charge is 2.38. The average molecular weight is 361 g/mol. The van der Waals surface area contributed by atoms with Gasteiger partial charge in [-0.15, -0.1) is 0 Å². The van der Waals surface area contributed by atoms with Gasteiger partial charge in [0.25, 0.3) is 5.91 Å². The molecule has 8 nitrogen and oxygen atoms in total. The number of carbonyl (C=O) groups excluding carboxylic acids is 2. The molecule has 0 aromatic heterocycles. The summed E-state index contributed by atoms with van der Waals surface area (Å²) in [5, 5.41) is 8.79. The van der Waals surface area contributed by atoms with Crippen molar-refractivity contribution in [1.82, 2.24) is 15.3 Å². The van der Waals surface area contributed by atoms with Gasteiger partial charge in [-0.25, -0.2) is 10.3 Å². The molecule has 3 atom stereocenters. The van der Waals surface area contributed by atoms with Crippen LogP contribution in [0.3, 0.4) is 0 Å². The van der Waals surface area contributed by atoms with E-state index in [1.54, 1.807) is 23.7 Å². The minimum atomic E-state index is -0.592. The highest BCUT2D eigenvalue weighted by atomic mass is 16.5. The van der Waals surface area contributed by atoms with Crippen LogP contribution in [0.1, 0.15) is 35.7 Å². The Morgan fingerprint density at radius 2 is 1.96 bits per heavy atom. The Morgan fingerprint density at radius 3 is 2.65 bits per heavy atom. The van der Waals surface area contributed by atoms with Gasteiger partial charge in [-0.2, -0.15) is 0 Å². The van der Waals surface area contributed by atoms with Crippen LogP contribution in [0.15, 0.2) is 18.2 Å². The molecule has 2 N–H and O–H groups in total. The van der Waals surface area contributed by atoms with Crippen LogP contribution in [0.25, 0.3) is 0 Å². The molecule has 2 bridgehead atoms. The minimum Gasteiger partial charge on any atom is -0.491 e. The van der Waals surface area contributed by atoms with Gasteiger partial charge in [0.05, 0.1) is 24.8 Å². The van der Waals surface area contributed by atoms with Crippen LogP contribution in [0.2, 0.25) is 0 Å². The zero-order chi connectivity index (χ0) is 18.3. The van der Waals surface area contributed by atoms with E-state index in [1.165, 1.54) is 0 Å². The van der Waals surface area contributed by atoms with E-state index in [9.17, 15) is 9.59 Å². The number of nitrogens with one attached hydrogen (secondary N) is 1. The topological polar surface area (TPSA) is 91.3 Å². The first-order chi connectivity index (χ1) is 12.5. The lowest BCUT2D eigenvalue weighted by Crippen LogP contribution is -2.53. The third-order valence-corrected chi connectivity index (χ3v) is 5.34. The minimum absolute atomic E-state index is 0.00586. The van der Waals surface area contributed by atoms with Gasteiger partial charge < -0.3 is 19.3 Å². The average Bonchev–Trinajstić information content (AvgIpc) is 2.90. The fraction of sp³-hybridized carbons (Fsp3) is 0.556. The smallest absolute Gasteiger partial charge is 0.320 e. The largest absolute Gasteiger partial charge is 0.491 e. The number of amides is 3. The number of ether oxygens (including phenoxy) is 2. The quantitative estimate of drug-likeness (QED) is 0.582. The Morgan fingerprint density at radius 1 is 1.23 bits per heavy atom. The molecule has 8 heteroatoms. The second-order valence-electron chi connectivity index (χ2n) is 7.20. The van der Waals surface area contributed by atoms with Gasteiger partial charge in [-0.05, 0) is 31.9 Å². The number of carbonyl (C=O) groups is 2. The van der Waals surface area contributed by atoms with Crippen molar-refractivity contribution in [2.75, 3.05) is 19.7 Å². The molecule has 0 radical (unpaired) electrons. The molecule has 140 valence electrons. The number of rotatable bonds is 1. The van der Waals surface area contributed by atoms with E-state index >= 15 is 0 Å². The van der Waals surface area contributed by atoms with Crippen molar-refractivity contribution in [3.05, 3.63) is 29.3 Å². The Kier molecular flexibility index (Phi) is 4.46. The molecule has 4 rings (SSSR count). The summed E-state index contributed by atoms with van der Waals surface area (Å²) < 4.78 is 11.6. The van der Waals surface area contributed by atoms with Gasteiger partial charge in [0.1, 0.15) is 12.4 Å². The first-order valence-corrected chi connectivity index (χ1v) is 8.96. The van der Waals surface area contributed by atoms with Crippen molar-refractivity contribution in [2.45, 2.75) is 44.6 Å². The molecular weight excluding hydrogens is 338 g/mol. The zero-order valence-electron chi connectivity index (χ0n) is 14.7. The summed E-state index contributed by atoms with van der Waals surface area (Å²) in [6, 6.07) is 4.89. The van der Waals surface area contributed by atoms with Gasteiger partial charge in [0.2, 0.25) is 0 Å². The third-order valence-electron chi connectivity index (χ3n) is 5.34. The number of hydrogen-bond acceptors (Lipinski definition) is 5. The van der Waals surface area contributed by atoms with E-state index in [2.05, 4.69) is 0 Å². The summed E-state index contributed by atoms with van der Waals surface area (Å²) in [4.78, 5) is 28.4. The number of hydrogen-bond donors (Lipinski definition) is 2. The van der Waals surface area contributed by atoms with Gasteiger partial charge >= 0.3 is 6.03 Å². The highest BCUT2D eigenvalue weighted by molar-refractivity contribution is 5.93. The summed E-state index contributed by atoms with van der Waals surface area (Å²) in [5.41, 5.74) is 2.77. The van der Waals surface area contributed by atoms with Crippen LogP contribution >= 0.6 is 0 Å². The third kappa shape index (κ3) is 3.10. The molecule has 1 aromatic carbocycles. The van der Waals surface area contributed by atoms with E-state index in [0.717, 1.165) is 18.4 Å². The fourth-order valence-electron chi connectivity index (χ4n) is 3.87. The van der Waals surface area contributed by atoms with E-state index in [-0.39, 0.29) is 24.3 Å². The number of likely N-dealkylation sites (tertiary alicyclic amines) is 1. The summed E-state index contributed by atoms with van der Waals surface area (Å²) in [6.07, 6.45) is 2.35. The lowest BCUT2D eigenvalue weighted by atomic mass is 10.1. The molecule has 3 heterocycles. The second kappa shape index (κ2) is 6.77. The molecule has 0 unspecified atom stereocenters. The maximum Gasteiger partial charge on any atom is 0.320 e. The molecule has 0 spiro atoms. The van der Waals surface area contributed by atoms with E-state index in [1.807, 2.05) is 16.7 Å². The fourth-order valence-corrected chi connectivity index (χ4v) is 3.87. The van der Waals surface area contributed by atoms with Crippen LogP contribution in [-0.4, -0.2) is 64.9 Å². The monoisotopic (exact) mass is 361 g/mol. The van der Waals surface area contributed by atoms with Crippen LogP contribution in [0, 0.1) is 0 Å². The van der Waals surface area contributed by atoms with Crippen molar-refractivity contribution in [2.24, 2.45) is 0 Å². The number of hydroxylamine groups is 1. The van der Waals surface area contributed by atoms with Crippen molar-refractivity contribution >= 4 is 11.9 Å². The van der Waals surface area contributed by atoms with Crippen LogP contribution in [-0.2, 0) is 11.3 Å². The van der Waals surface area contributed by atoms with Gasteiger partial charge in [0.15, 0.2) is 0 Å². The Hall–Kier alpha value is -2.32. The van der Waals surface area contributed by atoms with E-state index < -0.39 is 5.91 Å². The molecule has 2 fully saturated rings. The van der Waals surface area contributed by atoms with Gasteiger partial charge in [-0.1, -0.05) is 6.07 Å². The molecule has 3 amide bonds. The van der Waals surface area contributed by atoms with Gasteiger partial charge in [-0.3, -0.25) is 10.0 Å². The Bertz CT molecular complexity index is 713. The SMILES string of the molecule is C[C@H]1COc2cc(C(=O)NO)ccc2CN1C(=O)N1C[C@@H]2CC[C@@H](C1)O2. The summed E-state index contributed by atoms with van der Waals surface area (Å²) in [5.74, 6) is -0.0271. The zero-order valence-corrected chi connectivity index (χ0v) is 14.7. The van der Waals surface area contributed by atoms with E-state index in [4.69, 9.17) is 14.7 Å². The van der Waals surface area contributed by atoms with Crippen LogP contribution < -0.4 is 10.2 Å². The Balaban J connectivity index is 1.54. The molecule has 26 heavy (non-hydrogen) atoms. The van der Waals surface area contributed by atoms with Crippen LogP contribution in [0.4, 0.5) is 4.79 Å². The molecule has 0 saturated carbocycles. The standard InChI is InChI=1S/C18H23N3O5/c1-11-10-25-16-6-12(17(22)19-24)2-3-13(16)7-21(11)18(23)20-8-14-4-5-15(9-20)26-14/h2-3,6,11,14-15,24H,4-5,7-10H2,1H3,(H,19,22)/t11-,14-,15-/m0/s1. The van der Waals surface area contributed by atoms with E-state index in [0.29, 0.717) is 37.6 Å². The molecule has 0 aliphatic carbocycles. The molecule has 1 aromatic rings. The van der Waals surface area contributed by atoms with Crippen molar-refractivity contribution in [3.8, 4) is 5.75 Å². The van der Waals surface area contributed by atoms with Crippen LogP contribution in [0.5, 0.6) is 5.75 Å². The summed E-state index contributed by atoms with van der Waals surface area (Å²) in [7, 11) is 0.